The van der Waals surface area contributed by atoms with Gasteiger partial charge in [0.1, 0.15) is 11.9 Å². The number of sulfonamides is 1. The van der Waals surface area contributed by atoms with Crippen molar-refractivity contribution in [3.63, 3.8) is 0 Å². The fraction of sp³-hybridized carbons (Fsp3) is 0.375. The van der Waals surface area contributed by atoms with Gasteiger partial charge in [-0.2, -0.15) is 0 Å². The summed E-state index contributed by atoms with van der Waals surface area (Å²) < 4.78 is 43.1. The van der Waals surface area contributed by atoms with Crippen LogP contribution in [0.25, 0.3) is 11.1 Å². The number of aryl methyl sites for hydroxylation is 1. The Hall–Kier alpha value is -3.60. The van der Waals surface area contributed by atoms with Gasteiger partial charge in [0, 0.05) is 28.7 Å². The van der Waals surface area contributed by atoms with Gasteiger partial charge in [0.2, 0.25) is 21.8 Å². The second-order valence-electron chi connectivity index (χ2n) is 12.6. The Balaban J connectivity index is 1.63. The molecule has 3 aromatic rings. The number of rotatable bonds is 8. The Morgan fingerprint density at radius 2 is 1.69 bits per heavy atom. The summed E-state index contributed by atoms with van der Waals surface area (Å²) >= 11 is 0. The van der Waals surface area contributed by atoms with Crippen LogP contribution in [0, 0.1) is 5.82 Å². The molecular formula is C32H39FN4O4S. The summed E-state index contributed by atoms with van der Waals surface area (Å²) in [5.41, 5.74) is 7.93. The summed E-state index contributed by atoms with van der Waals surface area (Å²) in [5.74, 6) is -1.01. The van der Waals surface area contributed by atoms with Crippen LogP contribution in [0.2, 0.25) is 0 Å². The molecule has 3 aromatic carbocycles. The molecular weight excluding hydrogens is 555 g/mol. The zero-order valence-corrected chi connectivity index (χ0v) is 25.5. The van der Waals surface area contributed by atoms with E-state index < -0.39 is 33.0 Å². The number of nitrogens with zero attached hydrogens (tertiary/aromatic N) is 1. The molecule has 0 saturated carbocycles. The highest BCUT2D eigenvalue weighted by Crippen LogP contribution is 2.32. The van der Waals surface area contributed by atoms with E-state index in [0.29, 0.717) is 35.2 Å². The minimum Gasteiger partial charge on any atom is -0.344 e. The van der Waals surface area contributed by atoms with E-state index in [9.17, 15) is 22.4 Å². The minimum absolute atomic E-state index is 0.0578. The lowest BCUT2D eigenvalue weighted by molar-refractivity contribution is -0.128. The van der Waals surface area contributed by atoms with Crippen molar-refractivity contribution >= 4 is 27.5 Å². The lowest BCUT2D eigenvalue weighted by Crippen LogP contribution is -2.49. The van der Waals surface area contributed by atoms with Crippen LogP contribution in [0.15, 0.2) is 71.6 Å². The fourth-order valence-electron chi connectivity index (χ4n) is 5.07. The highest BCUT2D eigenvalue weighted by Gasteiger charge is 2.32. The van der Waals surface area contributed by atoms with Crippen molar-refractivity contribution < 1.29 is 22.4 Å². The van der Waals surface area contributed by atoms with Gasteiger partial charge in [0.25, 0.3) is 0 Å². The molecule has 8 nitrogen and oxygen atoms in total. The normalized spacial score (nSPS) is 16.1. The van der Waals surface area contributed by atoms with Gasteiger partial charge >= 0.3 is 0 Å². The third-order valence-corrected chi connectivity index (χ3v) is 8.59. The Kier molecular flexibility index (Phi) is 8.92. The van der Waals surface area contributed by atoms with Crippen LogP contribution in [-0.4, -0.2) is 37.4 Å². The number of nitrogens with one attached hydrogen (secondary N) is 2. The average molecular weight is 595 g/mol. The summed E-state index contributed by atoms with van der Waals surface area (Å²) in [7, 11) is -3.78. The third-order valence-electron chi connectivity index (χ3n) is 6.77. The number of hydrogen-bond donors (Lipinski definition) is 3. The molecule has 2 amide bonds. The van der Waals surface area contributed by atoms with Gasteiger partial charge in [-0.05, 0) is 88.4 Å². The van der Waals surface area contributed by atoms with E-state index in [2.05, 4.69) is 10.0 Å². The van der Waals surface area contributed by atoms with Crippen LogP contribution in [0.4, 0.5) is 10.1 Å². The van der Waals surface area contributed by atoms with Gasteiger partial charge in [-0.15, -0.1) is 0 Å². The first kappa shape index (κ1) is 31.3. The van der Waals surface area contributed by atoms with E-state index in [1.54, 1.807) is 69.9 Å². The summed E-state index contributed by atoms with van der Waals surface area (Å²) in [6, 6.07) is 17.6. The molecule has 0 aliphatic carbocycles. The molecule has 0 aromatic heterocycles. The molecule has 224 valence electrons. The number of nitrogens with two attached hydrogens (primary N) is 1. The Morgan fingerprint density at radius 1 is 1.02 bits per heavy atom. The zero-order valence-electron chi connectivity index (χ0n) is 24.7. The lowest BCUT2D eigenvalue weighted by atomic mass is 10.0. The molecule has 0 spiro atoms. The summed E-state index contributed by atoms with van der Waals surface area (Å²) in [6.07, 6.45) is 0.802. The molecule has 0 radical (unpaired) electrons. The molecule has 1 aliphatic heterocycles. The number of benzene rings is 3. The fourth-order valence-corrected chi connectivity index (χ4v) is 6.72. The SMILES string of the molecule is CC(C)(N)CC(=O)N[C@@H]1CCc2cc(F)ccc2N(Cc2ccc(-c3ccccc3S(=O)(=O)NC(C)(C)C)cc2)C1=O. The van der Waals surface area contributed by atoms with Gasteiger partial charge in [0.15, 0.2) is 0 Å². The molecule has 4 N–H and O–H groups in total. The Labute approximate surface area is 247 Å². The van der Waals surface area contributed by atoms with Crippen LogP contribution >= 0.6 is 0 Å². The molecule has 0 saturated heterocycles. The van der Waals surface area contributed by atoms with E-state index in [4.69, 9.17) is 5.73 Å². The topological polar surface area (TPSA) is 122 Å². The van der Waals surface area contributed by atoms with Crippen molar-refractivity contribution in [3.8, 4) is 11.1 Å². The van der Waals surface area contributed by atoms with Gasteiger partial charge < -0.3 is 16.0 Å². The quantitative estimate of drug-likeness (QED) is 0.350. The number of anilines is 1. The summed E-state index contributed by atoms with van der Waals surface area (Å²) in [6.45, 7) is 9.02. The molecule has 0 unspecified atom stereocenters. The second-order valence-corrected chi connectivity index (χ2v) is 14.2. The third kappa shape index (κ3) is 7.81. The number of amides is 2. The Bertz CT molecular complexity index is 1580. The summed E-state index contributed by atoms with van der Waals surface area (Å²) in [4.78, 5) is 28.2. The van der Waals surface area contributed by atoms with Crippen LogP contribution in [0.3, 0.4) is 0 Å². The molecule has 0 fully saturated rings. The molecule has 1 aliphatic rings. The van der Waals surface area contributed by atoms with Crippen molar-refractivity contribution in [2.75, 3.05) is 4.90 Å². The van der Waals surface area contributed by atoms with Crippen LogP contribution < -0.4 is 20.7 Å². The van der Waals surface area contributed by atoms with Crippen molar-refractivity contribution in [1.29, 1.82) is 0 Å². The van der Waals surface area contributed by atoms with Crippen molar-refractivity contribution in [2.24, 2.45) is 5.73 Å². The first-order valence-corrected chi connectivity index (χ1v) is 15.4. The summed E-state index contributed by atoms with van der Waals surface area (Å²) in [5, 5.41) is 2.83. The first-order chi connectivity index (χ1) is 19.5. The van der Waals surface area contributed by atoms with Gasteiger partial charge in [-0.3, -0.25) is 9.59 Å². The number of carbonyl (C=O) groups excluding carboxylic acids is 2. The molecule has 10 heteroatoms. The standard InChI is InChI=1S/C32H39FN4O4S/c1-31(2,3)36-42(40,41)28-9-7-6-8-25(28)22-12-10-21(11-13-22)20-37-27-17-15-24(33)18-23(27)14-16-26(30(37)39)35-29(38)19-32(4,5)34/h6-13,15,17-18,26,36H,14,16,19-20,34H2,1-5H3,(H,35,38)/t26-/m1/s1. The van der Waals surface area contributed by atoms with E-state index in [1.165, 1.54) is 12.1 Å². The molecule has 1 atom stereocenters. The lowest BCUT2D eigenvalue weighted by Gasteiger charge is -2.27. The van der Waals surface area contributed by atoms with Crippen molar-refractivity contribution in [2.45, 2.75) is 82.4 Å². The monoisotopic (exact) mass is 594 g/mol. The number of fused-ring (bicyclic) bond motifs is 1. The molecule has 4 rings (SSSR count). The van der Waals surface area contributed by atoms with E-state index in [1.807, 2.05) is 24.3 Å². The van der Waals surface area contributed by atoms with Crippen molar-refractivity contribution in [1.82, 2.24) is 10.0 Å². The van der Waals surface area contributed by atoms with Crippen LogP contribution in [-0.2, 0) is 32.6 Å². The number of hydrogen-bond acceptors (Lipinski definition) is 5. The largest absolute Gasteiger partial charge is 0.344 e. The number of halogens is 1. The molecule has 1 heterocycles. The highest BCUT2D eigenvalue weighted by atomic mass is 32.2. The second kappa shape index (κ2) is 11.9. The maximum atomic E-state index is 14.2. The van der Waals surface area contributed by atoms with E-state index >= 15 is 0 Å². The molecule has 0 bridgehead atoms. The average Bonchev–Trinajstić information content (AvgIpc) is 2.99. The van der Waals surface area contributed by atoms with Crippen LogP contribution in [0.1, 0.15) is 58.6 Å². The predicted octanol–water partition coefficient (Wildman–Crippen LogP) is 4.66. The molecule has 42 heavy (non-hydrogen) atoms. The van der Waals surface area contributed by atoms with Crippen molar-refractivity contribution in [3.05, 3.63) is 83.7 Å². The maximum absolute atomic E-state index is 14.2. The maximum Gasteiger partial charge on any atom is 0.249 e. The van der Waals surface area contributed by atoms with E-state index in [-0.39, 0.29) is 29.7 Å². The Morgan fingerprint density at radius 3 is 2.33 bits per heavy atom. The number of carbonyl (C=O) groups is 2. The van der Waals surface area contributed by atoms with Gasteiger partial charge in [-0.1, -0.05) is 42.5 Å². The smallest absolute Gasteiger partial charge is 0.249 e. The highest BCUT2D eigenvalue weighted by molar-refractivity contribution is 7.89. The zero-order chi connectivity index (χ0) is 30.9. The van der Waals surface area contributed by atoms with Gasteiger partial charge in [0.05, 0.1) is 11.4 Å². The van der Waals surface area contributed by atoms with E-state index in [0.717, 1.165) is 5.56 Å². The predicted molar refractivity (Wildman–Crippen MR) is 163 cm³/mol. The van der Waals surface area contributed by atoms with Crippen LogP contribution in [0.5, 0.6) is 0 Å². The van der Waals surface area contributed by atoms with Gasteiger partial charge in [-0.25, -0.2) is 17.5 Å². The first-order valence-electron chi connectivity index (χ1n) is 13.9. The minimum atomic E-state index is -3.78.